The molecule has 0 bridgehead atoms. The van der Waals surface area contributed by atoms with Crippen LogP contribution in [0.3, 0.4) is 0 Å². The molecule has 5 heterocycles. The molecule has 0 aromatic carbocycles. The van der Waals surface area contributed by atoms with Crippen molar-refractivity contribution in [3.8, 4) is 11.8 Å². The fourth-order valence-electron chi connectivity index (χ4n) is 6.03. The Morgan fingerprint density at radius 3 is 2.75 bits per heavy atom. The maximum Gasteiger partial charge on any atom is 0.326 e. The van der Waals surface area contributed by atoms with Crippen LogP contribution in [-0.4, -0.2) is 57.9 Å². The number of aryl methyl sites for hydroxylation is 1. The highest BCUT2D eigenvalue weighted by Crippen LogP contribution is 2.48. The predicted octanol–water partition coefficient (Wildman–Crippen LogP) is 2.71. The van der Waals surface area contributed by atoms with Crippen LogP contribution in [-0.2, 0) is 9.59 Å². The van der Waals surface area contributed by atoms with Gasteiger partial charge in [-0.15, -0.1) is 0 Å². The van der Waals surface area contributed by atoms with Gasteiger partial charge in [-0.3, -0.25) is 14.5 Å². The smallest absolute Gasteiger partial charge is 0.326 e. The Morgan fingerprint density at radius 2 is 2.00 bits per heavy atom. The first kappa shape index (κ1) is 26.3. The summed E-state index contributed by atoms with van der Waals surface area (Å²) in [5.41, 5.74) is 2.21. The molecule has 5 atom stereocenters. The van der Waals surface area contributed by atoms with Crippen molar-refractivity contribution in [1.29, 1.82) is 0 Å². The molecule has 4 amide bonds. The van der Waals surface area contributed by atoms with Crippen LogP contribution in [0.25, 0.3) is 0 Å². The van der Waals surface area contributed by atoms with Crippen LogP contribution >= 0.6 is 11.8 Å². The maximum absolute atomic E-state index is 13.6. The first-order valence-corrected chi connectivity index (χ1v) is 14.3. The highest BCUT2D eigenvalue weighted by atomic mass is 32.2. The number of thioether (sulfide) groups is 1. The number of carbonyl (C=O) groups excluding carboxylic acids is 3. The van der Waals surface area contributed by atoms with Crippen molar-refractivity contribution in [2.24, 2.45) is 5.92 Å². The van der Waals surface area contributed by atoms with E-state index in [0.717, 1.165) is 37.8 Å². The van der Waals surface area contributed by atoms with Crippen molar-refractivity contribution >= 4 is 35.3 Å². The molecular weight excluding hydrogens is 530 g/mol. The van der Waals surface area contributed by atoms with E-state index in [4.69, 9.17) is 4.74 Å². The predicted molar refractivity (Wildman–Crippen MR) is 151 cm³/mol. The second-order valence-corrected chi connectivity index (χ2v) is 11.5. The minimum atomic E-state index is -0.287. The molecule has 4 N–H and O–H groups in total. The quantitative estimate of drug-likeness (QED) is 0.379. The zero-order valence-electron chi connectivity index (χ0n) is 22.1. The standard InChI is InChI=1S/C28H31N7O4S/c1-3-20(36)32-16-7-6-8-17(16)33-26(37)25-24-23-18(10-12-30-27(23)40-25)35(28(38)34-24)19-14-31-22(13-15(19)2)39-21-9-4-5-11-29-21/h3-5,9,11,13-14,16-18,23,27,30H,1,6-8,10,12H2,2H3,(H,32,36)(H,33,37)(H,34,38)/t16-,17+,18?,23?,27?/m0/s1. The number of nitrogens with one attached hydrogen (secondary N) is 4. The van der Waals surface area contributed by atoms with Gasteiger partial charge in [-0.25, -0.2) is 14.8 Å². The number of aromatic nitrogens is 2. The van der Waals surface area contributed by atoms with Gasteiger partial charge in [0, 0.05) is 42.0 Å². The summed E-state index contributed by atoms with van der Waals surface area (Å²) in [6.45, 7) is 6.16. The van der Waals surface area contributed by atoms with Crippen molar-refractivity contribution in [1.82, 2.24) is 31.2 Å². The van der Waals surface area contributed by atoms with Gasteiger partial charge in [-0.2, -0.15) is 0 Å². The number of piperidine rings is 1. The molecule has 3 unspecified atom stereocenters. The Bertz CT molecular complexity index is 1380. The number of ether oxygens (including phenoxy) is 1. The topological polar surface area (TPSA) is 138 Å². The van der Waals surface area contributed by atoms with E-state index in [1.54, 1.807) is 29.4 Å². The zero-order chi connectivity index (χ0) is 27.8. The third-order valence-electron chi connectivity index (χ3n) is 7.86. The second-order valence-electron chi connectivity index (χ2n) is 10.3. The lowest BCUT2D eigenvalue weighted by Gasteiger charge is -2.46. The molecule has 0 spiro atoms. The van der Waals surface area contributed by atoms with E-state index in [1.165, 1.54) is 17.8 Å². The SMILES string of the molecule is C=CC(=O)N[C@H]1CCC[C@H]1NC(=O)C1=C2NC(=O)N(c3cnc(Oc4ccccn4)cc3C)C3CCNC(S1)C23. The van der Waals surface area contributed by atoms with Crippen LogP contribution in [0.1, 0.15) is 31.2 Å². The summed E-state index contributed by atoms with van der Waals surface area (Å²) in [5, 5.41) is 12.6. The summed E-state index contributed by atoms with van der Waals surface area (Å²) in [4.78, 5) is 49.8. The molecular formula is C28H31N7O4S. The molecule has 1 aliphatic carbocycles. The van der Waals surface area contributed by atoms with Crippen molar-refractivity contribution < 1.29 is 19.1 Å². The Balaban J connectivity index is 1.22. The van der Waals surface area contributed by atoms with Crippen LogP contribution in [0.4, 0.5) is 10.5 Å². The molecule has 6 rings (SSSR count). The normalized spacial score (nSPS) is 27.1. The van der Waals surface area contributed by atoms with Crippen molar-refractivity contribution in [2.45, 2.75) is 56.1 Å². The number of carbonyl (C=O) groups is 3. The number of nitrogens with zero attached hydrogens (tertiary/aromatic N) is 3. The van der Waals surface area contributed by atoms with E-state index in [0.29, 0.717) is 28.0 Å². The van der Waals surface area contributed by atoms with Gasteiger partial charge >= 0.3 is 6.03 Å². The number of rotatable bonds is 7. The minimum Gasteiger partial charge on any atom is -0.421 e. The van der Waals surface area contributed by atoms with Gasteiger partial charge in [0.15, 0.2) is 0 Å². The molecule has 3 fully saturated rings. The van der Waals surface area contributed by atoms with Gasteiger partial charge in [-0.05, 0) is 56.9 Å². The molecule has 2 aromatic heterocycles. The minimum absolute atomic E-state index is 0.0440. The molecule has 2 saturated heterocycles. The third-order valence-corrected chi connectivity index (χ3v) is 9.21. The first-order valence-electron chi connectivity index (χ1n) is 13.5. The fraction of sp³-hybridized carbons (Fsp3) is 0.393. The van der Waals surface area contributed by atoms with Crippen LogP contribution in [0, 0.1) is 12.8 Å². The van der Waals surface area contributed by atoms with E-state index >= 15 is 0 Å². The van der Waals surface area contributed by atoms with Crippen LogP contribution in [0.5, 0.6) is 11.8 Å². The lowest BCUT2D eigenvalue weighted by molar-refractivity contribution is -0.119. The molecule has 4 aliphatic rings. The van der Waals surface area contributed by atoms with Gasteiger partial charge in [0.1, 0.15) is 0 Å². The monoisotopic (exact) mass is 561 g/mol. The van der Waals surface area contributed by atoms with Gasteiger partial charge < -0.3 is 26.0 Å². The summed E-state index contributed by atoms with van der Waals surface area (Å²) in [6, 6.07) is 6.45. The number of amides is 4. The lowest BCUT2D eigenvalue weighted by Crippen LogP contribution is -2.62. The van der Waals surface area contributed by atoms with E-state index in [1.807, 2.05) is 19.1 Å². The second kappa shape index (κ2) is 10.9. The Labute approximate surface area is 236 Å². The van der Waals surface area contributed by atoms with Crippen LogP contribution < -0.4 is 30.9 Å². The Morgan fingerprint density at radius 1 is 1.18 bits per heavy atom. The van der Waals surface area contributed by atoms with Crippen molar-refractivity contribution in [3.63, 3.8) is 0 Å². The number of hydrogen-bond acceptors (Lipinski definition) is 8. The maximum atomic E-state index is 13.6. The molecule has 40 heavy (non-hydrogen) atoms. The number of pyridine rings is 2. The summed E-state index contributed by atoms with van der Waals surface area (Å²) in [5.74, 6) is 0.283. The summed E-state index contributed by atoms with van der Waals surface area (Å²) >= 11 is 1.46. The van der Waals surface area contributed by atoms with Gasteiger partial charge in [0.25, 0.3) is 5.91 Å². The van der Waals surface area contributed by atoms with Gasteiger partial charge in [-0.1, -0.05) is 24.4 Å². The lowest BCUT2D eigenvalue weighted by atomic mass is 9.86. The van der Waals surface area contributed by atoms with E-state index < -0.39 is 0 Å². The van der Waals surface area contributed by atoms with Crippen LogP contribution in [0.15, 0.2) is 59.9 Å². The van der Waals surface area contributed by atoms with Crippen LogP contribution in [0.2, 0.25) is 0 Å². The number of hydrogen-bond donors (Lipinski definition) is 4. The summed E-state index contributed by atoms with van der Waals surface area (Å²) < 4.78 is 5.77. The number of anilines is 1. The highest BCUT2D eigenvalue weighted by Gasteiger charge is 2.52. The third kappa shape index (κ3) is 4.92. The van der Waals surface area contributed by atoms with Gasteiger partial charge in [0.05, 0.1) is 28.2 Å². The summed E-state index contributed by atoms with van der Waals surface area (Å²) in [6.07, 6.45) is 7.76. The van der Waals surface area contributed by atoms with E-state index in [9.17, 15) is 14.4 Å². The molecule has 12 heteroatoms. The van der Waals surface area contributed by atoms with Crippen molar-refractivity contribution in [3.05, 3.63) is 65.5 Å². The highest BCUT2D eigenvalue weighted by molar-refractivity contribution is 8.04. The van der Waals surface area contributed by atoms with E-state index in [2.05, 4.69) is 37.8 Å². The Hall–Kier alpha value is -3.90. The van der Waals surface area contributed by atoms with Gasteiger partial charge in [0.2, 0.25) is 17.7 Å². The molecule has 0 radical (unpaired) electrons. The first-order chi connectivity index (χ1) is 19.4. The molecule has 1 saturated carbocycles. The Kier molecular flexibility index (Phi) is 7.20. The van der Waals surface area contributed by atoms with E-state index in [-0.39, 0.29) is 47.3 Å². The average Bonchev–Trinajstić information content (AvgIpc) is 3.55. The molecule has 208 valence electrons. The largest absolute Gasteiger partial charge is 0.421 e. The van der Waals surface area contributed by atoms with Crippen molar-refractivity contribution in [2.75, 3.05) is 11.4 Å². The molecule has 3 aliphatic heterocycles. The average molecular weight is 562 g/mol. The molecule has 2 aromatic rings. The number of urea groups is 1. The molecule has 11 nitrogen and oxygen atoms in total. The summed E-state index contributed by atoms with van der Waals surface area (Å²) in [7, 11) is 0. The fourth-order valence-corrected chi connectivity index (χ4v) is 7.43. The zero-order valence-corrected chi connectivity index (χ0v) is 22.9.